The van der Waals surface area contributed by atoms with Crippen molar-refractivity contribution < 1.29 is 9.59 Å². The fraction of sp³-hybridized carbons (Fsp3) is 0.312. The predicted molar refractivity (Wildman–Crippen MR) is 160 cm³/mol. The largest absolute Gasteiger partial charge is 0.350 e. The highest BCUT2D eigenvalue weighted by Gasteiger charge is 2.30. The summed E-state index contributed by atoms with van der Waals surface area (Å²) in [6.45, 7) is 4.56. The van der Waals surface area contributed by atoms with E-state index in [0.717, 1.165) is 58.0 Å². The molecule has 6 nitrogen and oxygen atoms in total. The molecule has 0 spiro atoms. The molecule has 2 aliphatic rings. The number of amides is 2. The Labute approximate surface area is 244 Å². The van der Waals surface area contributed by atoms with Crippen molar-refractivity contribution in [3.8, 4) is 0 Å². The van der Waals surface area contributed by atoms with Crippen molar-refractivity contribution in [3.63, 3.8) is 0 Å². The summed E-state index contributed by atoms with van der Waals surface area (Å²) in [5, 5.41) is 2.56. The Bertz CT molecular complexity index is 1500. The van der Waals surface area contributed by atoms with E-state index in [1.54, 1.807) is 0 Å². The van der Waals surface area contributed by atoms with Crippen molar-refractivity contribution in [2.45, 2.75) is 25.3 Å². The van der Waals surface area contributed by atoms with E-state index in [4.69, 9.17) is 23.2 Å². The molecule has 0 aliphatic carbocycles. The summed E-state index contributed by atoms with van der Waals surface area (Å²) in [5.74, 6) is 0.340. The van der Waals surface area contributed by atoms with Crippen LogP contribution < -0.4 is 0 Å². The molecule has 4 aromatic rings. The van der Waals surface area contributed by atoms with Gasteiger partial charge in [-0.05, 0) is 67.7 Å². The van der Waals surface area contributed by atoms with E-state index in [-0.39, 0.29) is 11.8 Å². The second-order valence-electron chi connectivity index (χ2n) is 10.7. The number of carbonyl (C=O) groups is 2. The molecule has 1 aromatic heterocycles. The molecule has 206 valence electrons. The Balaban J connectivity index is 1.16. The van der Waals surface area contributed by atoms with Crippen LogP contribution in [0.3, 0.4) is 0 Å². The van der Waals surface area contributed by atoms with Crippen LogP contribution in [0.25, 0.3) is 10.9 Å². The van der Waals surface area contributed by atoms with Gasteiger partial charge in [-0.3, -0.25) is 14.5 Å². The number of carbonyl (C=O) groups excluding carboxylic acids is 2. The van der Waals surface area contributed by atoms with E-state index in [9.17, 15) is 9.59 Å². The van der Waals surface area contributed by atoms with Crippen molar-refractivity contribution in [2.24, 2.45) is 0 Å². The van der Waals surface area contributed by atoms with Crippen LogP contribution in [0.4, 0.5) is 0 Å². The number of H-pyrrole nitrogens is 1. The lowest BCUT2D eigenvalue weighted by atomic mass is 9.89. The number of aromatic amines is 1. The molecule has 0 saturated carbocycles. The van der Waals surface area contributed by atoms with Crippen LogP contribution in [-0.2, 0) is 6.54 Å². The van der Waals surface area contributed by atoms with E-state index in [0.29, 0.717) is 49.9 Å². The number of hydrogen-bond donors (Lipinski definition) is 1. The Kier molecular flexibility index (Phi) is 7.83. The minimum Gasteiger partial charge on any atom is -0.350 e. The number of benzene rings is 3. The standard InChI is InChI=1S/C32H32Cl2N4O2/c33-26-10-6-11-27(34)29(26)22-13-15-36(16-14-22)21-25-24-9-4-5-12-28(24)35-30(25)32(40)38-19-17-37(18-20-38)31(39)23-7-2-1-3-8-23/h1-12,22,35H,13-21H2. The molecule has 2 saturated heterocycles. The lowest BCUT2D eigenvalue weighted by Gasteiger charge is -2.35. The zero-order valence-corrected chi connectivity index (χ0v) is 23.8. The number of nitrogens with one attached hydrogen (secondary N) is 1. The molecule has 1 N–H and O–H groups in total. The Hall–Kier alpha value is -3.32. The number of hydrogen-bond acceptors (Lipinski definition) is 3. The maximum atomic E-state index is 13.8. The van der Waals surface area contributed by atoms with Gasteiger partial charge >= 0.3 is 0 Å². The molecule has 0 radical (unpaired) electrons. The number of piperazine rings is 1. The molecule has 0 bridgehead atoms. The van der Waals surface area contributed by atoms with Crippen LogP contribution in [0.1, 0.15) is 50.7 Å². The molecular weight excluding hydrogens is 543 g/mol. The van der Waals surface area contributed by atoms with Crippen LogP contribution in [0.15, 0.2) is 72.8 Å². The van der Waals surface area contributed by atoms with E-state index < -0.39 is 0 Å². The number of fused-ring (bicyclic) bond motifs is 1. The maximum absolute atomic E-state index is 13.8. The predicted octanol–water partition coefficient (Wildman–Crippen LogP) is 6.45. The first kappa shape index (κ1) is 26.9. The van der Waals surface area contributed by atoms with Crippen molar-refractivity contribution >= 4 is 45.9 Å². The third kappa shape index (κ3) is 5.36. The van der Waals surface area contributed by atoms with Gasteiger partial charge < -0.3 is 14.8 Å². The van der Waals surface area contributed by atoms with Gasteiger partial charge in [0.2, 0.25) is 0 Å². The number of nitrogens with zero attached hydrogens (tertiary/aromatic N) is 3. The van der Waals surface area contributed by atoms with Gasteiger partial charge in [0.15, 0.2) is 0 Å². The van der Waals surface area contributed by atoms with Crippen LogP contribution in [-0.4, -0.2) is 70.8 Å². The smallest absolute Gasteiger partial charge is 0.270 e. The summed E-state index contributed by atoms with van der Waals surface area (Å²) < 4.78 is 0. The lowest BCUT2D eigenvalue weighted by Crippen LogP contribution is -2.50. The highest BCUT2D eigenvalue weighted by atomic mass is 35.5. The van der Waals surface area contributed by atoms with Gasteiger partial charge in [-0.15, -0.1) is 0 Å². The quantitative estimate of drug-likeness (QED) is 0.298. The molecular formula is C32H32Cl2N4O2. The van der Waals surface area contributed by atoms with Gasteiger partial charge in [0.1, 0.15) is 5.69 Å². The van der Waals surface area contributed by atoms with Gasteiger partial charge in [0.25, 0.3) is 11.8 Å². The molecule has 0 atom stereocenters. The maximum Gasteiger partial charge on any atom is 0.270 e. The number of aromatic nitrogens is 1. The molecule has 40 heavy (non-hydrogen) atoms. The molecule has 2 fully saturated rings. The summed E-state index contributed by atoms with van der Waals surface area (Å²) in [6.07, 6.45) is 1.93. The SMILES string of the molecule is O=C(c1ccccc1)N1CCN(C(=O)c2[nH]c3ccccc3c2CN2CCC(c3c(Cl)cccc3Cl)CC2)CC1. The third-order valence-electron chi connectivity index (χ3n) is 8.28. The molecule has 6 rings (SSSR count). The Morgan fingerprint density at radius 2 is 1.32 bits per heavy atom. The molecule has 8 heteroatoms. The second kappa shape index (κ2) is 11.7. The van der Waals surface area contributed by atoms with Crippen LogP contribution in [0, 0.1) is 0 Å². The van der Waals surface area contributed by atoms with Gasteiger partial charge in [-0.1, -0.05) is 65.7 Å². The van der Waals surface area contributed by atoms with Crippen molar-refractivity contribution in [3.05, 3.63) is 105 Å². The Morgan fingerprint density at radius 1 is 0.725 bits per heavy atom. The van der Waals surface area contributed by atoms with E-state index in [1.165, 1.54) is 0 Å². The zero-order chi connectivity index (χ0) is 27.6. The van der Waals surface area contributed by atoms with Crippen molar-refractivity contribution in [1.82, 2.24) is 19.7 Å². The van der Waals surface area contributed by atoms with Crippen molar-refractivity contribution in [1.29, 1.82) is 0 Å². The van der Waals surface area contributed by atoms with Crippen LogP contribution >= 0.6 is 23.2 Å². The highest BCUT2D eigenvalue weighted by Crippen LogP contribution is 2.38. The summed E-state index contributed by atoms with van der Waals surface area (Å²) in [7, 11) is 0. The summed E-state index contributed by atoms with van der Waals surface area (Å²) in [5.41, 5.74) is 4.40. The number of para-hydroxylation sites is 1. The topological polar surface area (TPSA) is 59.7 Å². The molecule has 2 amide bonds. The number of rotatable bonds is 5. The Morgan fingerprint density at radius 3 is 2.00 bits per heavy atom. The minimum absolute atomic E-state index is 0.00394. The van der Waals surface area contributed by atoms with Gasteiger partial charge in [-0.25, -0.2) is 0 Å². The number of likely N-dealkylation sites (tertiary alicyclic amines) is 1. The average molecular weight is 576 g/mol. The first-order valence-electron chi connectivity index (χ1n) is 13.9. The molecule has 3 aromatic carbocycles. The normalized spacial score (nSPS) is 16.9. The molecule has 0 unspecified atom stereocenters. The van der Waals surface area contributed by atoms with Gasteiger partial charge in [-0.2, -0.15) is 0 Å². The van der Waals surface area contributed by atoms with Gasteiger partial charge in [0.05, 0.1) is 0 Å². The fourth-order valence-corrected chi connectivity index (χ4v) is 6.79. The summed E-state index contributed by atoms with van der Waals surface area (Å²) in [4.78, 5) is 36.3. The average Bonchev–Trinajstić information content (AvgIpc) is 3.36. The van der Waals surface area contributed by atoms with E-state index in [1.807, 2.05) is 76.5 Å². The molecule has 2 aliphatic heterocycles. The third-order valence-corrected chi connectivity index (χ3v) is 8.94. The van der Waals surface area contributed by atoms with Crippen molar-refractivity contribution in [2.75, 3.05) is 39.3 Å². The summed E-state index contributed by atoms with van der Waals surface area (Å²) in [6, 6.07) is 23.2. The highest BCUT2D eigenvalue weighted by molar-refractivity contribution is 6.36. The number of piperidine rings is 1. The van der Waals surface area contributed by atoms with E-state index >= 15 is 0 Å². The van der Waals surface area contributed by atoms with Crippen LogP contribution in [0.5, 0.6) is 0 Å². The second-order valence-corrected chi connectivity index (χ2v) is 11.5. The van der Waals surface area contributed by atoms with Crippen LogP contribution in [0.2, 0.25) is 10.0 Å². The van der Waals surface area contributed by atoms with Gasteiger partial charge in [0, 0.05) is 64.8 Å². The summed E-state index contributed by atoms with van der Waals surface area (Å²) >= 11 is 13.0. The lowest BCUT2D eigenvalue weighted by molar-refractivity contribution is 0.0531. The zero-order valence-electron chi connectivity index (χ0n) is 22.3. The minimum atomic E-state index is -0.00394. The monoisotopic (exact) mass is 574 g/mol. The first-order valence-corrected chi connectivity index (χ1v) is 14.6. The number of halogens is 2. The molecule has 3 heterocycles. The van der Waals surface area contributed by atoms with E-state index in [2.05, 4.69) is 16.0 Å². The fourth-order valence-electron chi connectivity index (χ4n) is 6.08. The first-order chi connectivity index (χ1) is 19.5.